The van der Waals surface area contributed by atoms with Gasteiger partial charge in [0.1, 0.15) is 10.6 Å². The van der Waals surface area contributed by atoms with E-state index < -0.39 is 10.0 Å². The van der Waals surface area contributed by atoms with Gasteiger partial charge in [-0.05, 0) is 47.4 Å². The first-order valence-corrected chi connectivity index (χ1v) is 12.6. The second-order valence-corrected chi connectivity index (χ2v) is 10.5. The molecule has 33 heavy (non-hydrogen) atoms. The third-order valence-corrected chi connectivity index (χ3v) is 8.99. The second-order valence-electron chi connectivity index (χ2n) is 8.66. The molecule has 3 aromatic carbocycles. The number of nitrogens with zero attached hydrogens (tertiary/aromatic N) is 2. The maximum absolute atomic E-state index is 13.9. The first kappa shape index (κ1) is 21.9. The Balaban J connectivity index is 1.66. The van der Waals surface area contributed by atoms with E-state index in [1.807, 2.05) is 31.3 Å². The molecule has 0 bridgehead atoms. The molecule has 0 amide bonds. The Morgan fingerprint density at radius 2 is 1.73 bits per heavy atom. The van der Waals surface area contributed by atoms with E-state index in [1.165, 1.54) is 7.11 Å². The van der Waals surface area contributed by atoms with Crippen LogP contribution in [0.1, 0.15) is 18.0 Å². The minimum absolute atomic E-state index is 0.0111. The zero-order chi connectivity index (χ0) is 23.2. The highest BCUT2D eigenvalue weighted by Gasteiger charge is 2.50. The van der Waals surface area contributed by atoms with Gasteiger partial charge < -0.3 is 14.7 Å². The number of sulfonamides is 1. The van der Waals surface area contributed by atoms with E-state index in [1.54, 1.807) is 28.6 Å². The fourth-order valence-electron chi connectivity index (χ4n) is 5.45. The average Bonchev–Trinajstić information content (AvgIpc) is 3.30. The van der Waals surface area contributed by atoms with Crippen LogP contribution in [0.15, 0.2) is 77.7 Å². The van der Waals surface area contributed by atoms with Crippen molar-refractivity contribution in [1.82, 2.24) is 4.31 Å². The summed E-state index contributed by atoms with van der Waals surface area (Å²) in [6, 6.07) is 22.6. The van der Waals surface area contributed by atoms with Crippen LogP contribution in [0.5, 0.6) is 5.75 Å². The van der Waals surface area contributed by atoms with Gasteiger partial charge >= 0.3 is 0 Å². The summed E-state index contributed by atoms with van der Waals surface area (Å²) in [6.45, 7) is 0.370. The van der Waals surface area contributed by atoms with E-state index in [9.17, 15) is 13.5 Å². The molecule has 7 heteroatoms. The lowest BCUT2D eigenvalue weighted by Crippen LogP contribution is -2.48. The van der Waals surface area contributed by atoms with Crippen LogP contribution in [0.2, 0.25) is 0 Å². The topological polar surface area (TPSA) is 70.1 Å². The van der Waals surface area contributed by atoms with Gasteiger partial charge in [0.25, 0.3) is 0 Å². The van der Waals surface area contributed by atoms with E-state index in [0.29, 0.717) is 18.7 Å². The van der Waals surface area contributed by atoms with Crippen molar-refractivity contribution in [3.8, 4) is 16.9 Å². The molecule has 5 rings (SSSR count). The van der Waals surface area contributed by atoms with Gasteiger partial charge in [-0.15, -0.1) is 0 Å². The number of ether oxygens (including phenoxy) is 1. The zero-order valence-corrected chi connectivity index (χ0v) is 19.6. The van der Waals surface area contributed by atoms with Crippen LogP contribution >= 0.6 is 0 Å². The van der Waals surface area contributed by atoms with Crippen molar-refractivity contribution >= 4 is 15.7 Å². The molecule has 172 valence electrons. The molecule has 0 saturated carbocycles. The first-order valence-electron chi connectivity index (χ1n) is 11.1. The number of rotatable bonds is 5. The van der Waals surface area contributed by atoms with Crippen LogP contribution in [0.4, 0.5) is 5.69 Å². The summed E-state index contributed by atoms with van der Waals surface area (Å²) in [5.74, 6) is 0.328. The van der Waals surface area contributed by atoms with E-state index in [0.717, 1.165) is 22.4 Å². The monoisotopic (exact) mass is 464 g/mol. The summed E-state index contributed by atoms with van der Waals surface area (Å²) in [5, 5.41) is 10.2. The van der Waals surface area contributed by atoms with Crippen LogP contribution in [-0.2, 0) is 10.0 Å². The molecule has 1 N–H and O–H groups in total. The molecule has 0 unspecified atom stereocenters. The zero-order valence-electron chi connectivity index (χ0n) is 18.8. The number of aliphatic hydroxyl groups is 1. The highest BCUT2D eigenvalue weighted by atomic mass is 32.2. The van der Waals surface area contributed by atoms with Crippen LogP contribution in [0.25, 0.3) is 11.1 Å². The van der Waals surface area contributed by atoms with Crippen LogP contribution in [0.3, 0.4) is 0 Å². The van der Waals surface area contributed by atoms with Crippen molar-refractivity contribution in [3.05, 3.63) is 78.4 Å². The van der Waals surface area contributed by atoms with E-state index in [4.69, 9.17) is 4.74 Å². The fraction of sp³-hybridized carbons (Fsp3) is 0.308. The highest BCUT2D eigenvalue weighted by Crippen LogP contribution is 2.51. The van der Waals surface area contributed by atoms with Crippen LogP contribution in [-0.4, -0.2) is 51.2 Å². The number of methoxy groups -OCH3 is 1. The van der Waals surface area contributed by atoms with Gasteiger partial charge in [-0.1, -0.05) is 48.5 Å². The highest BCUT2D eigenvalue weighted by molar-refractivity contribution is 7.89. The Bertz CT molecular complexity index is 1260. The predicted octanol–water partition coefficient (Wildman–Crippen LogP) is 3.92. The number of anilines is 1. The molecule has 3 aromatic rings. The normalized spacial score (nSPS) is 22.6. The van der Waals surface area contributed by atoms with Gasteiger partial charge in [0.2, 0.25) is 10.0 Å². The average molecular weight is 465 g/mol. The molecule has 0 aliphatic carbocycles. The Hall–Kier alpha value is -2.87. The third kappa shape index (κ3) is 3.51. The molecule has 2 heterocycles. The SMILES string of the molecule is COc1ccccc1S(=O)(=O)N1CC[C@@H]2[C@H](CO)N(C)c3ccc(-c4ccccc4)cc3[C@@H]21. The van der Waals surface area contributed by atoms with Crippen molar-refractivity contribution < 1.29 is 18.3 Å². The van der Waals surface area contributed by atoms with Crippen molar-refractivity contribution in [2.45, 2.75) is 23.4 Å². The van der Waals surface area contributed by atoms with Crippen molar-refractivity contribution in [3.63, 3.8) is 0 Å². The summed E-state index contributed by atoms with van der Waals surface area (Å²) in [7, 11) is -0.345. The van der Waals surface area contributed by atoms with Crippen LogP contribution in [0, 0.1) is 5.92 Å². The Labute approximate surface area is 195 Å². The summed E-state index contributed by atoms with van der Waals surface area (Å²) >= 11 is 0. The molecular formula is C26H28N2O4S. The molecule has 1 saturated heterocycles. The number of hydrogen-bond donors (Lipinski definition) is 1. The standard InChI is InChI=1S/C26H28N2O4S/c1-27-22-13-12-19(18-8-4-3-5-9-18)16-21(22)26-20(23(27)17-29)14-15-28(26)33(30,31)25-11-7-6-10-24(25)32-2/h3-13,16,20,23,26,29H,14-15,17H2,1-2H3/t20-,23+,26-/m1/s1. The maximum atomic E-state index is 13.9. The van der Waals surface area contributed by atoms with Gasteiger partial charge in [0.05, 0.1) is 25.8 Å². The lowest BCUT2D eigenvalue weighted by molar-refractivity contribution is 0.193. The molecule has 6 nitrogen and oxygen atoms in total. The summed E-state index contributed by atoms with van der Waals surface area (Å²) in [5.41, 5.74) is 4.06. The molecule has 2 aliphatic rings. The Morgan fingerprint density at radius 3 is 2.45 bits per heavy atom. The quantitative estimate of drug-likeness (QED) is 0.620. The van der Waals surface area contributed by atoms with Crippen molar-refractivity contribution in [1.29, 1.82) is 0 Å². The van der Waals surface area contributed by atoms with E-state index >= 15 is 0 Å². The summed E-state index contributed by atoms with van der Waals surface area (Å²) in [6.07, 6.45) is 0.684. The van der Waals surface area contributed by atoms with Gasteiger partial charge in [-0.3, -0.25) is 0 Å². The number of benzene rings is 3. The van der Waals surface area contributed by atoms with E-state index in [-0.39, 0.29) is 29.5 Å². The molecule has 2 aliphatic heterocycles. The Kier molecular flexibility index (Phi) is 5.64. The third-order valence-electron chi connectivity index (χ3n) is 7.07. The van der Waals surface area contributed by atoms with Crippen LogP contribution < -0.4 is 9.64 Å². The number of fused-ring (bicyclic) bond motifs is 3. The number of aliphatic hydroxyl groups excluding tert-OH is 1. The number of hydrogen-bond acceptors (Lipinski definition) is 5. The summed E-state index contributed by atoms with van der Waals surface area (Å²) in [4.78, 5) is 2.28. The summed E-state index contributed by atoms with van der Waals surface area (Å²) < 4.78 is 34.7. The molecule has 0 spiro atoms. The molecule has 1 fully saturated rings. The van der Waals surface area contributed by atoms with E-state index in [2.05, 4.69) is 29.2 Å². The van der Waals surface area contributed by atoms with Crippen molar-refractivity contribution in [2.24, 2.45) is 5.92 Å². The second kappa shape index (κ2) is 8.48. The number of para-hydroxylation sites is 1. The molecular weight excluding hydrogens is 436 g/mol. The van der Waals surface area contributed by atoms with Crippen molar-refractivity contribution in [2.75, 3.05) is 32.2 Å². The maximum Gasteiger partial charge on any atom is 0.247 e. The van der Waals surface area contributed by atoms with Gasteiger partial charge in [0, 0.05) is 25.2 Å². The smallest absolute Gasteiger partial charge is 0.247 e. The predicted molar refractivity (Wildman–Crippen MR) is 129 cm³/mol. The first-order chi connectivity index (χ1) is 16.0. The van der Waals surface area contributed by atoms with Gasteiger partial charge in [-0.2, -0.15) is 4.31 Å². The van der Waals surface area contributed by atoms with Gasteiger partial charge in [0.15, 0.2) is 0 Å². The minimum Gasteiger partial charge on any atom is -0.495 e. The molecule has 3 atom stereocenters. The minimum atomic E-state index is -3.81. The fourth-order valence-corrected chi connectivity index (χ4v) is 7.27. The number of likely N-dealkylation sites (N-methyl/N-ethyl adjacent to an activating group) is 1. The lowest BCUT2D eigenvalue weighted by Gasteiger charge is -2.44. The molecule has 0 aromatic heterocycles. The lowest BCUT2D eigenvalue weighted by atomic mass is 9.81. The largest absolute Gasteiger partial charge is 0.495 e. The van der Waals surface area contributed by atoms with Gasteiger partial charge in [-0.25, -0.2) is 8.42 Å². The Morgan fingerprint density at radius 1 is 1.00 bits per heavy atom. The molecule has 0 radical (unpaired) electrons.